The molecule has 0 aliphatic heterocycles. The van der Waals surface area contributed by atoms with E-state index in [4.69, 9.17) is 19.9 Å². The predicted molar refractivity (Wildman–Crippen MR) is 173 cm³/mol. The SMILES string of the molecule is N#Cc1ccc(-c2cc(-c3ccccc3)cc(-c3ccc(-c4cc(-c5ccccc5)nc(-c5ccccc5)n4)cn3)n2)nc1. The molecule has 0 saturated carbocycles. The van der Waals surface area contributed by atoms with Gasteiger partial charge in [-0.1, -0.05) is 91.0 Å². The molecule has 0 fully saturated rings. The van der Waals surface area contributed by atoms with Crippen molar-refractivity contribution in [1.82, 2.24) is 24.9 Å². The molecule has 0 spiro atoms. The summed E-state index contributed by atoms with van der Waals surface area (Å²) in [7, 11) is 0. The Morgan fingerprint density at radius 2 is 0.932 bits per heavy atom. The smallest absolute Gasteiger partial charge is 0.160 e. The minimum absolute atomic E-state index is 0.501. The molecular formula is C38H24N6. The second kappa shape index (κ2) is 11.9. The third kappa shape index (κ3) is 5.58. The van der Waals surface area contributed by atoms with Crippen molar-refractivity contribution >= 4 is 0 Å². The van der Waals surface area contributed by atoms with E-state index in [2.05, 4.69) is 23.2 Å². The summed E-state index contributed by atoms with van der Waals surface area (Å²) in [6.45, 7) is 0. The van der Waals surface area contributed by atoms with Gasteiger partial charge in [-0.3, -0.25) is 9.97 Å². The molecule has 4 heterocycles. The molecule has 44 heavy (non-hydrogen) atoms. The first-order chi connectivity index (χ1) is 21.7. The summed E-state index contributed by atoms with van der Waals surface area (Å²) < 4.78 is 0. The standard InChI is InChI=1S/C38H24N6/c39-23-26-16-18-32(40-24-26)36-20-31(27-10-4-1-5-11-27)21-37(42-36)33-19-17-30(25-41-33)35-22-34(28-12-6-2-7-13-28)43-38(44-35)29-14-8-3-9-15-29/h1-22,24-25H. The van der Waals surface area contributed by atoms with Gasteiger partial charge in [-0.25, -0.2) is 15.0 Å². The molecule has 6 heteroatoms. The zero-order chi connectivity index (χ0) is 29.7. The molecule has 0 amide bonds. The van der Waals surface area contributed by atoms with Gasteiger partial charge < -0.3 is 0 Å². The molecule has 4 aromatic heterocycles. The first-order valence-electron chi connectivity index (χ1n) is 14.1. The van der Waals surface area contributed by atoms with Gasteiger partial charge >= 0.3 is 0 Å². The van der Waals surface area contributed by atoms with Gasteiger partial charge in [0.15, 0.2) is 5.82 Å². The highest BCUT2D eigenvalue weighted by atomic mass is 14.9. The maximum atomic E-state index is 9.21. The van der Waals surface area contributed by atoms with Gasteiger partial charge in [-0.05, 0) is 53.6 Å². The molecule has 0 aliphatic carbocycles. The lowest BCUT2D eigenvalue weighted by atomic mass is 10.0. The van der Waals surface area contributed by atoms with Crippen LogP contribution in [0.3, 0.4) is 0 Å². The molecule has 0 radical (unpaired) electrons. The van der Waals surface area contributed by atoms with E-state index in [0.29, 0.717) is 22.8 Å². The summed E-state index contributed by atoms with van der Waals surface area (Å²) in [4.78, 5) is 24.1. The summed E-state index contributed by atoms with van der Waals surface area (Å²) >= 11 is 0. The van der Waals surface area contributed by atoms with E-state index in [1.165, 1.54) is 0 Å². The van der Waals surface area contributed by atoms with Gasteiger partial charge in [0.1, 0.15) is 6.07 Å². The Balaban J connectivity index is 1.30. The van der Waals surface area contributed by atoms with E-state index in [0.717, 1.165) is 50.6 Å². The first-order valence-corrected chi connectivity index (χ1v) is 14.1. The molecule has 0 bridgehead atoms. The number of benzene rings is 3. The van der Waals surface area contributed by atoms with Crippen LogP contribution >= 0.6 is 0 Å². The molecule has 3 aromatic carbocycles. The average Bonchev–Trinajstić information content (AvgIpc) is 3.12. The van der Waals surface area contributed by atoms with Crippen molar-refractivity contribution in [1.29, 1.82) is 5.26 Å². The molecule has 0 atom stereocenters. The Bertz CT molecular complexity index is 2030. The molecule has 0 unspecified atom stereocenters. The molecule has 7 aromatic rings. The van der Waals surface area contributed by atoms with Crippen LogP contribution in [-0.2, 0) is 0 Å². The largest absolute Gasteiger partial charge is 0.254 e. The number of rotatable bonds is 6. The summed E-state index contributed by atoms with van der Waals surface area (Å²) in [5.74, 6) is 0.655. The third-order valence-electron chi connectivity index (χ3n) is 7.24. The maximum Gasteiger partial charge on any atom is 0.160 e. The highest BCUT2D eigenvalue weighted by Crippen LogP contribution is 2.31. The Morgan fingerprint density at radius 3 is 1.48 bits per heavy atom. The summed E-state index contributed by atoms with van der Waals surface area (Å²) in [5, 5.41) is 9.21. The summed E-state index contributed by atoms with van der Waals surface area (Å²) in [6.07, 6.45) is 3.39. The van der Waals surface area contributed by atoms with E-state index in [9.17, 15) is 5.26 Å². The van der Waals surface area contributed by atoms with Gasteiger partial charge in [0.25, 0.3) is 0 Å². The zero-order valence-electron chi connectivity index (χ0n) is 23.5. The second-order valence-electron chi connectivity index (χ2n) is 10.2. The lowest BCUT2D eigenvalue weighted by molar-refractivity contribution is 1.17. The predicted octanol–water partition coefficient (Wildman–Crippen LogP) is 8.54. The van der Waals surface area contributed by atoms with Crippen molar-refractivity contribution in [3.05, 3.63) is 151 Å². The molecule has 206 valence electrons. The van der Waals surface area contributed by atoms with Crippen LogP contribution in [0.15, 0.2) is 146 Å². The highest BCUT2D eigenvalue weighted by Gasteiger charge is 2.14. The normalized spacial score (nSPS) is 10.7. The number of hydrogen-bond donors (Lipinski definition) is 0. The molecule has 7 rings (SSSR count). The second-order valence-corrected chi connectivity index (χ2v) is 10.2. The highest BCUT2D eigenvalue weighted by molar-refractivity contribution is 5.76. The van der Waals surface area contributed by atoms with Crippen molar-refractivity contribution < 1.29 is 0 Å². The average molecular weight is 565 g/mol. The Kier molecular flexibility index (Phi) is 7.18. The molecule has 0 saturated heterocycles. The van der Waals surface area contributed by atoms with E-state index < -0.39 is 0 Å². The number of nitrogens with zero attached hydrogens (tertiary/aromatic N) is 6. The number of nitriles is 1. The molecular weight excluding hydrogens is 540 g/mol. The fourth-order valence-electron chi connectivity index (χ4n) is 4.97. The molecule has 0 aliphatic rings. The van der Waals surface area contributed by atoms with Gasteiger partial charge in [-0.15, -0.1) is 0 Å². The van der Waals surface area contributed by atoms with Crippen LogP contribution in [0.5, 0.6) is 0 Å². The minimum Gasteiger partial charge on any atom is -0.254 e. The van der Waals surface area contributed by atoms with Gasteiger partial charge in [-0.2, -0.15) is 5.26 Å². The number of hydrogen-bond acceptors (Lipinski definition) is 6. The van der Waals surface area contributed by atoms with Crippen LogP contribution in [0, 0.1) is 11.3 Å². The van der Waals surface area contributed by atoms with Crippen LogP contribution in [0.1, 0.15) is 5.56 Å². The van der Waals surface area contributed by atoms with Crippen molar-refractivity contribution in [2.24, 2.45) is 0 Å². The lowest BCUT2D eigenvalue weighted by Crippen LogP contribution is -1.97. The van der Waals surface area contributed by atoms with Gasteiger partial charge in [0, 0.05) is 29.1 Å². The first kappa shape index (κ1) is 26.6. The van der Waals surface area contributed by atoms with E-state index in [1.54, 1.807) is 12.3 Å². The Morgan fingerprint density at radius 1 is 0.386 bits per heavy atom. The van der Waals surface area contributed by atoms with E-state index in [-0.39, 0.29) is 0 Å². The Labute approximate surface area is 255 Å². The Hall–Kier alpha value is -6.32. The fourth-order valence-corrected chi connectivity index (χ4v) is 4.97. The van der Waals surface area contributed by atoms with Crippen LogP contribution in [0.25, 0.3) is 67.8 Å². The van der Waals surface area contributed by atoms with Crippen molar-refractivity contribution in [3.8, 4) is 73.9 Å². The van der Waals surface area contributed by atoms with E-state index >= 15 is 0 Å². The summed E-state index contributed by atoms with van der Waals surface area (Å²) in [6, 6.07) is 46.0. The number of aromatic nitrogens is 5. The van der Waals surface area contributed by atoms with Gasteiger partial charge in [0.05, 0.1) is 39.7 Å². The van der Waals surface area contributed by atoms with Crippen molar-refractivity contribution in [3.63, 3.8) is 0 Å². The fraction of sp³-hybridized carbons (Fsp3) is 0. The van der Waals surface area contributed by atoms with Crippen molar-refractivity contribution in [2.45, 2.75) is 0 Å². The summed E-state index contributed by atoms with van der Waals surface area (Å²) in [5.41, 5.74) is 9.85. The third-order valence-corrected chi connectivity index (χ3v) is 7.24. The van der Waals surface area contributed by atoms with E-state index in [1.807, 2.05) is 121 Å². The van der Waals surface area contributed by atoms with Crippen LogP contribution < -0.4 is 0 Å². The van der Waals surface area contributed by atoms with Crippen molar-refractivity contribution in [2.75, 3.05) is 0 Å². The number of pyridine rings is 3. The molecule has 6 nitrogen and oxygen atoms in total. The molecule has 0 N–H and O–H groups in total. The monoisotopic (exact) mass is 564 g/mol. The lowest BCUT2D eigenvalue weighted by Gasteiger charge is -2.11. The van der Waals surface area contributed by atoms with Crippen LogP contribution in [-0.4, -0.2) is 24.9 Å². The van der Waals surface area contributed by atoms with Crippen LogP contribution in [0.2, 0.25) is 0 Å². The quantitative estimate of drug-likeness (QED) is 0.201. The van der Waals surface area contributed by atoms with Crippen LogP contribution in [0.4, 0.5) is 0 Å². The minimum atomic E-state index is 0.501. The topological polar surface area (TPSA) is 88.2 Å². The maximum absolute atomic E-state index is 9.21. The van der Waals surface area contributed by atoms with Gasteiger partial charge in [0.2, 0.25) is 0 Å². The zero-order valence-corrected chi connectivity index (χ0v) is 23.5.